The van der Waals surface area contributed by atoms with Gasteiger partial charge < -0.3 is 26.0 Å². The van der Waals surface area contributed by atoms with E-state index in [1.165, 1.54) is 0 Å². The molecule has 2 aliphatic rings. The molecule has 2 aliphatic heterocycles. The van der Waals surface area contributed by atoms with Gasteiger partial charge in [0.1, 0.15) is 5.69 Å². The number of hydrogen-bond donors (Lipinski definition) is 2. The first-order valence-corrected chi connectivity index (χ1v) is 12.1. The molecule has 9 heteroatoms. The Morgan fingerprint density at radius 3 is 2.49 bits per heavy atom. The smallest absolute Gasteiger partial charge is 0.189 e. The first-order chi connectivity index (χ1) is 17.1. The average molecular weight is 474 g/mol. The molecule has 2 aromatic heterocycles. The van der Waals surface area contributed by atoms with E-state index in [2.05, 4.69) is 36.9 Å². The van der Waals surface area contributed by atoms with Gasteiger partial charge in [0, 0.05) is 73.5 Å². The van der Waals surface area contributed by atoms with Gasteiger partial charge in [-0.25, -0.2) is 9.97 Å². The molecule has 182 valence electrons. The van der Waals surface area contributed by atoms with Crippen LogP contribution in [0.4, 0.5) is 17.2 Å². The monoisotopic (exact) mass is 473 g/mol. The number of Topliss-reactive ketones (excluding diaryl/α,β-unsaturated/α-hetero) is 1. The molecule has 4 N–H and O–H groups in total. The third kappa shape index (κ3) is 5.26. The van der Waals surface area contributed by atoms with E-state index in [9.17, 15) is 4.79 Å². The molecule has 3 aromatic rings. The second kappa shape index (κ2) is 10.4. The van der Waals surface area contributed by atoms with Crippen molar-refractivity contribution in [3.05, 3.63) is 60.2 Å². The number of morpholine rings is 1. The van der Waals surface area contributed by atoms with Crippen LogP contribution in [0.15, 0.2) is 48.9 Å². The maximum absolute atomic E-state index is 13.3. The zero-order valence-electron chi connectivity index (χ0n) is 19.8. The van der Waals surface area contributed by atoms with Gasteiger partial charge in [-0.15, -0.1) is 0 Å². The Balaban J connectivity index is 1.34. The molecule has 0 bridgehead atoms. The molecule has 0 saturated carbocycles. The van der Waals surface area contributed by atoms with E-state index in [0.717, 1.165) is 61.5 Å². The third-order valence-electron chi connectivity index (χ3n) is 6.71. The third-order valence-corrected chi connectivity index (χ3v) is 6.71. The summed E-state index contributed by atoms with van der Waals surface area (Å²) in [5, 5.41) is 0. The summed E-state index contributed by atoms with van der Waals surface area (Å²) in [6.07, 6.45) is 7.25. The van der Waals surface area contributed by atoms with Crippen molar-refractivity contribution in [1.29, 1.82) is 0 Å². The number of ketones is 1. The Bertz CT molecular complexity index is 1170. The van der Waals surface area contributed by atoms with Gasteiger partial charge in [-0.05, 0) is 31.0 Å². The fourth-order valence-electron chi connectivity index (χ4n) is 4.67. The average Bonchev–Trinajstić information content (AvgIpc) is 2.90. The summed E-state index contributed by atoms with van der Waals surface area (Å²) >= 11 is 0. The molecule has 2 saturated heterocycles. The first-order valence-electron chi connectivity index (χ1n) is 12.1. The van der Waals surface area contributed by atoms with Crippen molar-refractivity contribution in [2.24, 2.45) is 5.73 Å². The molecule has 1 aromatic carbocycles. The summed E-state index contributed by atoms with van der Waals surface area (Å²) in [4.78, 5) is 31.0. The van der Waals surface area contributed by atoms with Crippen LogP contribution in [0.5, 0.6) is 0 Å². The number of nitrogens with two attached hydrogens (primary N) is 2. The van der Waals surface area contributed by atoms with Crippen LogP contribution in [0.25, 0.3) is 11.3 Å². The van der Waals surface area contributed by atoms with Crippen molar-refractivity contribution in [2.45, 2.75) is 25.3 Å². The SMILES string of the molecule is Nc1ncc(-c2ccc(N3CCC(N)CC3)cc2)nc1C(=O)Cc1cnccc1N1CCOCC1. The van der Waals surface area contributed by atoms with Crippen molar-refractivity contribution in [2.75, 3.05) is 54.9 Å². The highest BCUT2D eigenvalue weighted by molar-refractivity contribution is 6.00. The van der Waals surface area contributed by atoms with Crippen LogP contribution in [-0.2, 0) is 11.2 Å². The van der Waals surface area contributed by atoms with Crippen LogP contribution in [0, 0.1) is 0 Å². The Morgan fingerprint density at radius 2 is 1.74 bits per heavy atom. The molecule has 0 spiro atoms. The van der Waals surface area contributed by atoms with Gasteiger partial charge in [0.15, 0.2) is 11.6 Å². The normalized spacial score (nSPS) is 16.9. The molecule has 0 atom stereocenters. The van der Waals surface area contributed by atoms with Crippen molar-refractivity contribution < 1.29 is 9.53 Å². The molecule has 0 unspecified atom stereocenters. The number of carbonyl (C=O) groups excluding carboxylic acids is 1. The molecule has 9 nitrogen and oxygen atoms in total. The molecular weight excluding hydrogens is 442 g/mol. The lowest BCUT2D eigenvalue weighted by atomic mass is 10.0. The predicted octanol–water partition coefficient (Wildman–Crippen LogP) is 2.31. The number of nitrogen functional groups attached to an aromatic ring is 1. The van der Waals surface area contributed by atoms with Crippen LogP contribution < -0.4 is 21.3 Å². The number of piperidine rings is 1. The van der Waals surface area contributed by atoms with E-state index >= 15 is 0 Å². The number of pyridine rings is 1. The second-order valence-corrected chi connectivity index (χ2v) is 9.06. The summed E-state index contributed by atoms with van der Waals surface area (Å²) in [5.74, 6) is -0.0440. The van der Waals surface area contributed by atoms with Crippen LogP contribution in [0.2, 0.25) is 0 Å². The van der Waals surface area contributed by atoms with Crippen LogP contribution in [-0.4, -0.2) is 66.2 Å². The Kier molecular flexibility index (Phi) is 6.87. The van der Waals surface area contributed by atoms with Gasteiger partial charge >= 0.3 is 0 Å². The number of ether oxygens (including phenoxy) is 1. The molecule has 0 amide bonds. The highest BCUT2D eigenvalue weighted by Gasteiger charge is 2.21. The number of rotatable bonds is 6. The highest BCUT2D eigenvalue weighted by Crippen LogP contribution is 2.26. The highest BCUT2D eigenvalue weighted by atomic mass is 16.5. The van der Waals surface area contributed by atoms with Crippen LogP contribution in [0.3, 0.4) is 0 Å². The van der Waals surface area contributed by atoms with Gasteiger partial charge in [0.2, 0.25) is 0 Å². The van der Waals surface area contributed by atoms with Crippen molar-refractivity contribution >= 4 is 23.0 Å². The Labute approximate surface area is 205 Å². The topological polar surface area (TPSA) is 123 Å². The van der Waals surface area contributed by atoms with E-state index in [1.54, 1.807) is 18.6 Å². The predicted molar refractivity (Wildman–Crippen MR) is 137 cm³/mol. The summed E-state index contributed by atoms with van der Waals surface area (Å²) < 4.78 is 5.46. The van der Waals surface area contributed by atoms with E-state index < -0.39 is 0 Å². The number of carbonyl (C=O) groups is 1. The molecule has 0 radical (unpaired) electrons. The van der Waals surface area contributed by atoms with E-state index in [0.29, 0.717) is 24.9 Å². The lowest BCUT2D eigenvalue weighted by Crippen LogP contribution is -2.39. The van der Waals surface area contributed by atoms with Gasteiger partial charge in [-0.1, -0.05) is 12.1 Å². The maximum atomic E-state index is 13.3. The number of anilines is 3. The maximum Gasteiger partial charge on any atom is 0.189 e. The molecular formula is C26H31N7O2. The number of nitrogens with zero attached hydrogens (tertiary/aromatic N) is 5. The van der Waals surface area contributed by atoms with Crippen molar-refractivity contribution in [1.82, 2.24) is 15.0 Å². The zero-order valence-corrected chi connectivity index (χ0v) is 19.8. The van der Waals surface area contributed by atoms with Gasteiger partial charge in [-0.3, -0.25) is 9.78 Å². The fourth-order valence-corrected chi connectivity index (χ4v) is 4.67. The van der Waals surface area contributed by atoms with Gasteiger partial charge in [0.05, 0.1) is 25.1 Å². The van der Waals surface area contributed by atoms with E-state index in [-0.39, 0.29) is 23.7 Å². The molecule has 2 fully saturated rings. The lowest BCUT2D eigenvalue weighted by Gasteiger charge is -2.32. The quantitative estimate of drug-likeness (QED) is 0.519. The standard InChI is InChI=1S/C26H31N7O2/c27-20-6-9-32(10-7-20)21-3-1-18(2-4-21)22-17-30-26(28)25(31-22)24(34)15-19-16-29-8-5-23(19)33-11-13-35-14-12-33/h1-5,8,16-17,20H,6-7,9-15,27H2,(H2,28,30). The molecule has 35 heavy (non-hydrogen) atoms. The fraction of sp³-hybridized carbons (Fsp3) is 0.385. The first kappa shape index (κ1) is 23.2. The summed E-state index contributed by atoms with van der Waals surface area (Å²) in [7, 11) is 0. The van der Waals surface area contributed by atoms with E-state index in [1.807, 2.05) is 18.2 Å². The minimum Gasteiger partial charge on any atom is -0.382 e. The molecule has 0 aliphatic carbocycles. The van der Waals surface area contributed by atoms with Gasteiger partial charge in [-0.2, -0.15) is 0 Å². The number of aromatic nitrogens is 3. The Morgan fingerprint density at radius 1 is 1.00 bits per heavy atom. The summed E-state index contributed by atoms with van der Waals surface area (Å²) in [5.41, 5.74) is 16.8. The van der Waals surface area contributed by atoms with Crippen LogP contribution in [0.1, 0.15) is 28.9 Å². The van der Waals surface area contributed by atoms with Crippen molar-refractivity contribution in [3.63, 3.8) is 0 Å². The largest absolute Gasteiger partial charge is 0.382 e. The lowest BCUT2D eigenvalue weighted by molar-refractivity contribution is 0.0988. The van der Waals surface area contributed by atoms with Gasteiger partial charge in [0.25, 0.3) is 0 Å². The van der Waals surface area contributed by atoms with Crippen LogP contribution >= 0.6 is 0 Å². The van der Waals surface area contributed by atoms with Crippen molar-refractivity contribution in [3.8, 4) is 11.3 Å². The van der Waals surface area contributed by atoms with E-state index in [4.69, 9.17) is 16.2 Å². The molecule has 5 rings (SSSR count). The summed E-state index contributed by atoms with van der Waals surface area (Å²) in [6.45, 7) is 4.81. The second-order valence-electron chi connectivity index (χ2n) is 9.06. The zero-order chi connectivity index (χ0) is 24.2. The molecule has 4 heterocycles. The Hall–Kier alpha value is -3.56. The minimum atomic E-state index is -0.180. The minimum absolute atomic E-state index is 0.136. The number of benzene rings is 1. The number of hydrogen-bond acceptors (Lipinski definition) is 9. The summed E-state index contributed by atoms with van der Waals surface area (Å²) in [6, 6.07) is 10.4.